The lowest BCUT2D eigenvalue weighted by molar-refractivity contribution is 0.172. The molecule has 1 aromatic carbocycles. The predicted molar refractivity (Wildman–Crippen MR) is 113 cm³/mol. The first kappa shape index (κ1) is 21.8. The highest BCUT2D eigenvalue weighted by atomic mass is 16.5. The zero-order chi connectivity index (χ0) is 20.2. The van der Waals surface area contributed by atoms with Crippen LogP contribution in [0.3, 0.4) is 0 Å². The van der Waals surface area contributed by atoms with Gasteiger partial charge in [-0.05, 0) is 38.0 Å². The van der Waals surface area contributed by atoms with Crippen LogP contribution in [0.15, 0.2) is 35.6 Å². The molecule has 0 bridgehead atoms. The van der Waals surface area contributed by atoms with Gasteiger partial charge in [-0.15, -0.1) is 0 Å². The summed E-state index contributed by atoms with van der Waals surface area (Å²) in [7, 11) is 1.70. The van der Waals surface area contributed by atoms with Gasteiger partial charge in [0.05, 0.1) is 25.9 Å². The normalized spacial score (nSPS) is 11.5. The standard InChI is InChI=1S/C21H33N5O2/c1-5-22-21(23-9-10-26-16-18(3)14-25-26)24-15-19-8-7-17(2)13-20(19)28-12-6-11-27-4/h7-8,13-14,16H,5-6,9-12,15H2,1-4H3,(H2,22,23,24). The molecule has 7 heteroatoms. The third kappa shape index (κ3) is 7.60. The van der Waals surface area contributed by atoms with Crippen LogP contribution in [0.25, 0.3) is 0 Å². The van der Waals surface area contributed by atoms with E-state index in [9.17, 15) is 0 Å². The lowest BCUT2D eigenvalue weighted by atomic mass is 10.1. The molecule has 0 atom stereocenters. The summed E-state index contributed by atoms with van der Waals surface area (Å²) in [6, 6.07) is 6.24. The molecule has 154 valence electrons. The fourth-order valence-electron chi connectivity index (χ4n) is 2.70. The number of nitrogens with zero attached hydrogens (tertiary/aromatic N) is 3. The van der Waals surface area contributed by atoms with Crippen LogP contribution >= 0.6 is 0 Å². The molecule has 7 nitrogen and oxygen atoms in total. The van der Waals surface area contributed by atoms with E-state index in [4.69, 9.17) is 14.5 Å². The molecule has 2 N–H and O–H groups in total. The number of hydrogen-bond acceptors (Lipinski definition) is 4. The zero-order valence-corrected chi connectivity index (χ0v) is 17.5. The first-order valence-electron chi connectivity index (χ1n) is 9.85. The number of aliphatic imine (C=N–C) groups is 1. The molecule has 1 heterocycles. The van der Waals surface area contributed by atoms with Gasteiger partial charge in [0.15, 0.2) is 5.96 Å². The van der Waals surface area contributed by atoms with Gasteiger partial charge in [0.25, 0.3) is 0 Å². The van der Waals surface area contributed by atoms with E-state index in [-0.39, 0.29) is 0 Å². The van der Waals surface area contributed by atoms with Crippen LogP contribution in [0, 0.1) is 13.8 Å². The highest BCUT2D eigenvalue weighted by Gasteiger charge is 2.05. The van der Waals surface area contributed by atoms with Gasteiger partial charge in [0.1, 0.15) is 5.75 Å². The Morgan fingerprint density at radius 1 is 1.18 bits per heavy atom. The second-order valence-electron chi connectivity index (χ2n) is 6.71. The van der Waals surface area contributed by atoms with Gasteiger partial charge in [0, 0.05) is 45.0 Å². The lowest BCUT2D eigenvalue weighted by Gasteiger charge is -2.14. The van der Waals surface area contributed by atoms with Crippen molar-refractivity contribution >= 4 is 5.96 Å². The monoisotopic (exact) mass is 387 g/mol. The van der Waals surface area contributed by atoms with Crippen molar-refractivity contribution < 1.29 is 9.47 Å². The Morgan fingerprint density at radius 3 is 2.75 bits per heavy atom. The van der Waals surface area contributed by atoms with E-state index in [1.54, 1.807) is 7.11 Å². The van der Waals surface area contributed by atoms with Crippen molar-refractivity contribution in [1.82, 2.24) is 20.4 Å². The molecule has 0 saturated heterocycles. The van der Waals surface area contributed by atoms with E-state index in [0.717, 1.165) is 48.9 Å². The zero-order valence-electron chi connectivity index (χ0n) is 17.5. The molecular weight excluding hydrogens is 354 g/mol. The summed E-state index contributed by atoms with van der Waals surface area (Å²) in [5.41, 5.74) is 3.41. The number of ether oxygens (including phenoxy) is 2. The minimum absolute atomic E-state index is 0.552. The van der Waals surface area contributed by atoms with E-state index >= 15 is 0 Å². The van der Waals surface area contributed by atoms with E-state index in [1.165, 1.54) is 5.56 Å². The summed E-state index contributed by atoms with van der Waals surface area (Å²) < 4.78 is 13.0. The highest BCUT2D eigenvalue weighted by Crippen LogP contribution is 2.21. The van der Waals surface area contributed by atoms with Crippen molar-refractivity contribution in [1.29, 1.82) is 0 Å². The van der Waals surface area contributed by atoms with E-state index in [1.807, 2.05) is 24.0 Å². The fourth-order valence-corrected chi connectivity index (χ4v) is 2.70. The number of nitrogens with one attached hydrogen (secondary N) is 2. The lowest BCUT2D eigenvalue weighted by Crippen LogP contribution is -2.38. The molecule has 2 aromatic rings. The Morgan fingerprint density at radius 2 is 2.04 bits per heavy atom. The third-order valence-electron chi connectivity index (χ3n) is 4.12. The summed E-state index contributed by atoms with van der Waals surface area (Å²) in [5, 5.41) is 11.0. The number of methoxy groups -OCH3 is 1. The van der Waals surface area contributed by atoms with Crippen molar-refractivity contribution in [3.05, 3.63) is 47.3 Å². The van der Waals surface area contributed by atoms with Gasteiger partial charge in [-0.3, -0.25) is 4.68 Å². The Kier molecular flexibility index (Phi) is 9.34. The molecule has 0 aliphatic rings. The number of benzene rings is 1. The van der Waals surface area contributed by atoms with Crippen LogP contribution in [0.1, 0.15) is 30.0 Å². The van der Waals surface area contributed by atoms with Gasteiger partial charge >= 0.3 is 0 Å². The molecule has 0 spiro atoms. The Balaban J connectivity index is 1.94. The van der Waals surface area contributed by atoms with Crippen LogP contribution in [0.2, 0.25) is 0 Å². The molecule has 0 aliphatic heterocycles. The summed E-state index contributed by atoms with van der Waals surface area (Å²) in [4.78, 5) is 4.71. The molecule has 1 aromatic heterocycles. The molecule has 0 aliphatic carbocycles. The topological polar surface area (TPSA) is 72.7 Å². The molecule has 0 saturated carbocycles. The van der Waals surface area contributed by atoms with Gasteiger partial charge in [-0.25, -0.2) is 4.99 Å². The van der Waals surface area contributed by atoms with Crippen LogP contribution in [-0.2, 0) is 17.8 Å². The van der Waals surface area contributed by atoms with Crippen molar-refractivity contribution in [2.24, 2.45) is 4.99 Å². The Hall–Kier alpha value is -2.54. The number of hydrogen-bond donors (Lipinski definition) is 2. The van der Waals surface area contributed by atoms with Gasteiger partial charge < -0.3 is 20.1 Å². The molecular formula is C21H33N5O2. The van der Waals surface area contributed by atoms with E-state index < -0.39 is 0 Å². The number of aryl methyl sites for hydroxylation is 2. The van der Waals surface area contributed by atoms with Crippen molar-refractivity contribution in [2.45, 2.75) is 40.3 Å². The van der Waals surface area contributed by atoms with Gasteiger partial charge in [-0.2, -0.15) is 5.10 Å². The first-order chi connectivity index (χ1) is 13.6. The Bertz CT molecular complexity index is 742. The van der Waals surface area contributed by atoms with Gasteiger partial charge in [-0.1, -0.05) is 12.1 Å². The van der Waals surface area contributed by atoms with Crippen LogP contribution in [-0.4, -0.2) is 49.2 Å². The van der Waals surface area contributed by atoms with E-state index in [0.29, 0.717) is 19.8 Å². The summed E-state index contributed by atoms with van der Waals surface area (Å²) in [6.07, 6.45) is 4.76. The second kappa shape index (κ2) is 12.0. The Labute approximate surface area is 168 Å². The largest absolute Gasteiger partial charge is 0.493 e. The number of guanidine groups is 1. The first-order valence-corrected chi connectivity index (χ1v) is 9.85. The molecule has 0 fully saturated rings. The average molecular weight is 388 g/mol. The number of rotatable bonds is 11. The third-order valence-corrected chi connectivity index (χ3v) is 4.12. The maximum absolute atomic E-state index is 5.95. The fraction of sp³-hybridized carbons (Fsp3) is 0.524. The molecule has 28 heavy (non-hydrogen) atoms. The van der Waals surface area contributed by atoms with Crippen LogP contribution in [0.4, 0.5) is 0 Å². The maximum Gasteiger partial charge on any atom is 0.191 e. The molecule has 0 radical (unpaired) electrons. The van der Waals surface area contributed by atoms with Crippen LogP contribution < -0.4 is 15.4 Å². The smallest absolute Gasteiger partial charge is 0.191 e. The summed E-state index contributed by atoms with van der Waals surface area (Å²) >= 11 is 0. The maximum atomic E-state index is 5.95. The number of aromatic nitrogens is 2. The minimum Gasteiger partial charge on any atom is -0.493 e. The summed E-state index contributed by atoms with van der Waals surface area (Å²) in [5.74, 6) is 1.68. The van der Waals surface area contributed by atoms with Crippen molar-refractivity contribution in [2.75, 3.05) is 33.4 Å². The summed E-state index contributed by atoms with van der Waals surface area (Å²) in [6.45, 7) is 10.4. The second-order valence-corrected chi connectivity index (χ2v) is 6.71. The predicted octanol–water partition coefficient (Wildman–Crippen LogP) is 2.67. The minimum atomic E-state index is 0.552. The molecule has 0 amide bonds. The van der Waals surface area contributed by atoms with Crippen molar-refractivity contribution in [3.8, 4) is 5.75 Å². The SMILES string of the molecule is CCNC(=NCc1ccc(C)cc1OCCCOC)NCCn1cc(C)cn1. The van der Waals surface area contributed by atoms with Gasteiger partial charge in [0.2, 0.25) is 0 Å². The average Bonchev–Trinajstić information content (AvgIpc) is 3.09. The molecule has 0 unspecified atom stereocenters. The quantitative estimate of drug-likeness (QED) is 0.352. The van der Waals surface area contributed by atoms with Crippen molar-refractivity contribution in [3.63, 3.8) is 0 Å². The van der Waals surface area contributed by atoms with Crippen LogP contribution in [0.5, 0.6) is 5.75 Å². The van der Waals surface area contributed by atoms with E-state index in [2.05, 4.69) is 47.8 Å². The molecule has 2 rings (SSSR count). The highest BCUT2D eigenvalue weighted by molar-refractivity contribution is 5.79.